The minimum atomic E-state index is -1.00. The molecule has 0 fully saturated rings. The van der Waals surface area contributed by atoms with Crippen LogP contribution in [0.3, 0.4) is 0 Å². The zero-order chi connectivity index (χ0) is 12.3. The van der Waals surface area contributed by atoms with Crippen LogP contribution >= 0.6 is 11.6 Å². The van der Waals surface area contributed by atoms with Crippen molar-refractivity contribution in [3.05, 3.63) is 28.3 Å². The fraction of sp³-hybridized carbons (Fsp3) is 0.273. The van der Waals surface area contributed by atoms with Crippen molar-refractivity contribution >= 4 is 23.4 Å². The number of rotatable bonds is 3. The van der Waals surface area contributed by atoms with Gasteiger partial charge in [0.05, 0.1) is 17.2 Å². The third-order valence-electron chi connectivity index (χ3n) is 2.01. The van der Waals surface area contributed by atoms with Crippen molar-refractivity contribution < 1.29 is 19.4 Å². The number of carbonyl (C=O) groups is 2. The highest BCUT2D eigenvalue weighted by Crippen LogP contribution is 2.30. The maximum Gasteiger partial charge on any atom is 0.379 e. The van der Waals surface area contributed by atoms with Crippen molar-refractivity contribution in [1.29, 1.82) is 0 Å². The summed E-state index contributed by atoms with van der Waals surface area (Å²) in [5.41, 5.74) is 0.480. The number of aryl methyl sites for hydroxylation is 1. The standard InChI is InChI=1S/C11H11ClO4/c1-3-16-11(15)10(14)7-5-4-6(2)8(12)9(7)13/h4-5,13H,3H2,1-2H3. The Morgan fingerprint density at radius 1 is 1.44 bits per heavy atom. The molecule has 0 aromatic heterocycles. The third kappa shape index (κ3) is 2.33. The maximum absolute atomic E-state index is 11.5. The normalized spacial score (nSPS) is 9.94. The zero-order valence-corrected chi connectivity index (χ0v) is 9.67. The third-order valence-corrected chi connectivity index (χ3v) is 2.49. The number of phenolic OH excluding ortho intramolecular Hbond substituents is 1. The molecule has 0 saturated heterocycles. The van der Waals surface area contributed by atoms with Crippen LogP contribution in [0.4, 0.5) is 0 Å². The Morgan fingerprint density at radius 3 is 2.62 bits per heavy atom. The van der Waals surface area contributed by atoms with Crippen molar-refractivity contribution in [2.75, 3.05) is 6.61 Å². The Bertz CT molecular complexity index is 440. The number of hydrogen-bond donors (Lipinski definition) is 1. The fourth-order valence-corrected chi connectivity index (χ4v) is 1.32. The first kappa shape index (κ1) is 12.5. The molecule has 0 bridgehead atoms. The summed E-state index contributed by atoms with van der Waals surface area (Å²) < 4.78 is 4.54. The van der Waals surface area contributed by atoms with Crippen LogP contribution in [0.1, 0.15) is 22.8 Å². The summed E-state index contributed by atoms with van der Waals surface area (Å²) in [6.07, 6.45) is 0. The molecule has 0 aliphatic heterocycles. The van der Waals surface area contributed by atoms with Crippen LogP contribution < -0.4 is 0 Å². The largest absolute Gasteiger partial charge is 0.506 e. The minimum absolute atomic E-state index is 0.0650. The van der Waals surface area contributed by atoms with Crippen LogP contribution in [0, 0.1) is 6.92 Å². The number of esters is 1. The van der Waals surface area contributed by atoms with Gasteiger partial charge in [0.15, 0.2) is 0 Å². The van der Waals surface area contributed by atoms with Gasteiger partial charge in [-0.1, -0.05) is 17.7 Å². The van der Waals surface area contributed by atoms with E-state index in [4.69, 9.17) is 11.6 Å². The molecule has 0 aliphatic carbocycles. The first-order valence-corrected chi connectivity index (χ1v) is 5.06. The lowest BCUT2D eigenvalue weighted by molar-refractivity contribution is -0.137. The Balaban J connectivity index is 3.10. The monoisotopic (exact) mass is 242 g/mol. The summed E-state index contributed by atoms with van der Waals surface area (Å²) >= 11 is 5.75. The number of hydrogen-bond acceptors (Lipinski definition) is 4. The summed E-state index contributed by atoms with van der Waals surface area (Å²) in [5.74, 6) is -2.29. The van der Waals surface area contributed by atoms with E-state index in [-0.39, 0.29) is 22.9 Å². The fourth-order valence-electron chi connectivity index (χ4n) is 1.16. The van der Waals surface area contributed by atoms with Gasteiger partial charge in [0.2, 0.25) is 0 Å². The summed E-state index contributed by atoms with van der Waals surface area (Å²) in [6.45, 7) is 3.37. The molecule has 5 heteroatoms. The van der Waals surface area contributed by atoms with Crippen molar-refractivity contribution in [2.45, 2.75) is 13.8 Å². The van der Waals surface area contributed by atoms with Crippen molar-refractivity contribution in [2.24, 2.45) is 0 Å². The smallest absolute Gasteiger partial charge is 0.379 e. The predicted molar refractivity (Wildman–Crippen MR) is 58.8 cm³/mol. The van der Waals surface area contributed by atoms with Crippen LogP contribution in [0.5, 0.6) is 5.75 Å². The molecule has 0 heterocycles. The molecule has 1 aromatic carbocycles. The van der Waals surface area contributed by atoms with E-state index in [1.807, 2.05) is 0 Å². The van der Waals surface area contributed by atoms with Gasteiger partial charge in [-0.3, -0.25) is 4.79 Å². The molecule has 4 nitrogen and oxygen atoms in total. The Kier molecular flexibility index (Phi) is 3.90. The average molecular weight is 243 g/mol. The molecular formula is C11H11ClO4. The Morgan fingerprint density at radius 2 is 2.06 bits per heavy atom. The second-order valence-corrected chi connectivity index (χ2v) is 3.52. The summed E-state index contributed by atoms with van der Waals surface area (Å²) in [6, 6.07) is 2.89. The Hall–Kier alpha value is -1.55. The number of carbonyl (C=O) groups excluding carboxylic acids is 2. The van der Waals surface area contributed by atoms with Crippen LogP contribution in [0.2, 0.25) is 5.02 Å². The summed E-state index contributed by atoms with van der Waals surface area (Å²) in [7, 11) is 0. The number of Topliss-reactive ketones (excluding diaryl/α,β-unsaturated/α-hetero) is 1. The molecule has 1 N–H and O–H groups in total. The quantitative estimate of drug-likeness (QED) is 0.501. The number of aromatic hydroxyl groups is 1. The molecule has 0 aliphatic rings. The number of ketones is 1. The minimum Gasteiger partial charge on any atom is -0.506 e. The number of benzene rings is 1. The van der Waals surface area contributed by atoms with Crippen molar-refractivity contribution in [3.63, 3.8) is 0 Å². The van der Waals surface area contributed by atoms with Crippen LogP contribution in [-0.2, 0) is 9.53 Å². The van der Waals surface area contributed by atoms with Gasteiger partial charge in [-0.05, 0) is 25.5 Å². The molecule has 0 atom stereocenters. The van der Waals surface area contributed by atoms with Gasteiger partial charge in [-0.2, -0.15) is 0 Å². The van der Waals surface area contributed by atoms with Crippen molar-refractivity contribution in [3.8, 4) is 5.75 Å². The van der Waals surface area contributed by atoms with Crippen LogP contribution in [-0.4, -0.2) is 23.5 Å². The highest BCUT2D eigenvalue weighted by atomic mass is 35.5. The highest BCUT2D eigenvalue weighted by Gasteiger charge is 2.22. The van der Waals surface area contributed by atoms with Gasteiger partial charge in [0.1, 0.15) is 5.75 Å². The first-order valence-electron chi connectivity index (χ1n) is 4.68. The van der Waals surface area contributed by atoms with Gasteiger partial charge in [0.25, 0.3) is 5.78 Å². The van der Waals surface area contributed by atoms with Gasteiger partial charge in [0, 0.05) is 0 Å². The van der Waals surface area contributed by atoms with E-state index in [0.717, 1.165) is 0 Å². The SMILES string of the molecule is CCOC(=O)C(=O)c1ccc(C)c(Cl)c1O. The lowest BCUT2D eigenvalue weighted by Gasteiger charge is -2.06. The van der Waals surface area contributed by atoms with E-state index in [1.54, 1.807) is 19.9 Å². The summed E-state index contributed by atoms with van der Waals surface area (Å²) in [5, 5.41) is 9.67. The lowest BCUT2D eigenvalue weighted by atomic mass is 10.1. The molecular weight excluding hydrogens is 232 g/mol. The van der Waals surface area contributed by atoms with Gasteiger partial charge < -0.3 is 9.84 Å². The number of ether oxygens (including phenoxy) is 1. The summed E-state index contributed by atoms with van der Waals surface area (Å²) in [4.78, 5) is 22.7. The topological polar surface area (TPSA) is 63.6 Å². The van der Waals surface area contributed by atoms with E-state index in [2.05, 4.69) is 4.74 Å². The number of phenols is 1. The van der Waals surface area contributed by atoms with E-state index in [0.29, 0.717) is 5.56 Å². The molecule has 0 saturated carbocycles. The molecule has 16 heavy (non-hydrogen) atoms. The second kappa shape index (κ2) is 4.99. The van der Waals surface area contributed by atoms with Crippen molar-refractivity contribution in [1.82, 2.24) is 0 Å². The average Bonchev–Trinajstić information content (AvgIpc) is 2.26. The highest BCUT2D eigenvalue weighted by molar-refractivity contribution is 6.42. The van der Waals surface area contributed by atoms with Crippen LogP contribution in [0.15, 0.2) is 12.1 Å². The van der Waals surface area contributed by atoms with E-state index in [9.17, 15) is 14.7 Å². The van der Waals surface area contributed by atoms with E-state index in [1.165, 1.54) is 6.07 Å². The van der Waals surface area contributed by atoms with Gasteiger partial charge >= 0.3 is 5.97 Å². The first-order chi connectivity index (χ1) is 7.49. The van der Waals surface area contributed by atoms with Crippen LogP contribution in [0.25, 0.3) is 0 Å². The predicted octanol–water partition coefficient (Wildman–Crippen LogP) is 2.10. The second-order valence-electron chi connectivity index (χ2n) is 3.14. The van der Waals surface area contributed by atoms with E-state index >= 15 is 0 Å². The van der Waals surface area contributed by atoms with E-state index < -0.39 is 11.8 Å². The lowest BCUT2D eigenvalue weighted by Crippen LogP contribution is -2.17. The maximum atomic E-state index is 11.5. The molecule has 1 aromatic rings. The Labute approximate surface area is 97.8 Å². The van der Waals surface area contributed by atoms with Gasteiger partial charge in [-0.25, -0.2) is 4.79 Å². The van der Waals surface area contributed by atoms with Gasteiger partial charge in [-0.15, -0.1) is 0 Å². The molecule has 0 spiro atoms. The molecule has 0 unspecified atom stereocenters. The zero-order valence-electron chi connectivity index (χ0n) is 8.91. The molecule has 1 rings (SSSR count). The molecule has 0 radical (unpaired) electrons. The molecule has 0 amide bonds. The molecule has 86 valence electrons. The number of halogens is 1.